The van der Waals surface area contributed by atoms with Gasteiger partial charge < -0.3 is 10.8 Å². The van der Waals surface area contributed by atoms with Crippen molar-refractivity contribution in [2.75, 3.05) is 0 Å². The van der Waals surface area contributed by atoms with Gasteiger partial charge in [-0.15, -0.1) is 0 Å². The first kappa shape index (κ1) is 8.39. The molecule has 3 N–H and O–H groups in total. The molecular weight excluding hydrogens is 156 g/mol. The summed E-state index contributed by atoms with van der Waals surface area (Å²) in [7, 11) is 0. The van der Waals surface area contributed by atoms with Gasteiger partial charge in [-0.3, -0.25) is 4.79 Å². The molecular formula is C6H9F2NO2. The van der Waals surface area contributed by atoms with Crippen molar-refractivity contribution in [3.8, 4) is 0 Å². The van der Waals surface area contributed by atoms with Crippen LogP contribution in [0.2, 0.25) is 0 Å². The van der Waals surface area contributed by atoms with Gasteiger partial charge in [0.25, 0.3) is 0 Å². The van der Waals surface area contributed by atoms with Gasteiger partial charge >= 0.3 is 5.97 Å². The third-order valence-corrected chi connectivity index (χ3v) is 1.94. The van der Waals surface area contributed by atoms with Crippen LogP contribution in [0.4, 0.5) is 8.78 Å². The Labute approximate surface area is 62.2 Å². The SMILES string of the molecule is NC1(C(=O)O)CC(F)C(F)C1. The highest BCUT2D eigenvalue weighted by Crippen LogP contribution is 2.32. The van der Waals surface area contributed by atoms with Crippen molar-refractivity contribution in [2.24, 2.45) is 5.73 Å². The van der Waals surface area contributed by atoms with E-state index >= 15 is 0 Å². The Kier molecular flexibility index (Phi) is 1.83. The molecule has 1 aliphatic carbocycles. The molecule has 0 spiro atoms. The highest BCUT2D eigenvalue weighted by atomic mass is 19.2. The van der Waals surface area contributed by atoms with Crippen molar-refractivity contribution in [3.05, 3.63) is 0 Å². The number of alkyl halides is 2. The van der Waals surface area contributed by atoms with Gasteiger partial charge in [-0.1, -0.05) is 0 Å². The largest absolute Gasteiger partial charge is 0.480 e. The molecule has 1 rings (SSSR count). The lowest BCUT2D eigenvalue weighted by atomic mass is 10.00. The van der Waals surface area contributed by atoms with E-state index in [1.165, 1.54) is 0 Å². The zero-order valence-corrected chi connectivity index (χ0v) is 5.76. The Morgan fingerprint density at radius 3 is 2.00 bits per heavy atom. The number of carbonyl (C=O) groups is 1. The first-order valence-electron chi connectivity index (χ1n) is 3.26. The molecule has 0 saturated heterocycles. The summed E-state index contributed by atoms with van der Waals surface area (Å²) in [5.74, 6) is -1.33. The van der Waals surface area contributed by atoms with E-state index in [1.807, 2.05) is 0 Å². The van der Waals surface area contributed by atoms with Crippen LogP contribution in [-0.2, 0) is 4.79 Å². The summed E-state index contributed by atoms with van der Waals surface area (Å²) >= 11 is 0. The number of nitrogens with two attached hydrogens (primary N) is 1. The molecule has 1 aliphatic rings. The zero-order valence-electron chi connectivity index (χ0n) is 5.76. The lowest BCUT2D eigenvalue weighted by Gasteiger charge is -2.15. The maximum atomic E-state index is 12.5. The second kappa shape index (κ2) is 2.41. The van der Waals surface area contributed by atoms with Gasteiger partial charge in [0.1, 0.15) is 17.9 Å². The Hall–Kier alpha value is -0.710. The Morgan fingerprint density at radius 1 is 1.45 bits per heavy atom. The third-order valence-electron chi connectivity index (χ3n) is 1.94. The van der Waals surface area contributed by atoms with Crippen LogP contribution in [0.1, 0.15) is 12.8 Å². The van der Waals surface area contributed by atoms with E-state index in [-0.39, 0.29) is 0 Å². The minimum atomic E-state index is -1.73. The van der Waals surface area contributed by atoms with Gasteiger partial charge in [0.05, 0.1) is 0 Å². The first-order chi connectivity index (χ1) is 4.96. The number of carboxylic acids is 1. The molecule has 11 heavy (non-hydrogen) atoms. The van der Waals surface area contributed by atoms with E-state index in [2.05, 4.69) is 0 Å². The normalized spacial score (nSPS) is 44.3. The number of aliphatic carboxylic acids is 1. The molecule has 0 aromatic heterocycles. The third kappa shape index (κ3) is 1.33. The molecule has 0 heterocycles. The van der Waals surface area contributed by atoms with Crippen LogP contribution in [0, 0.1) is 0 Å². The van der Waals surface area contributed by atoms with Crippen molar-refractivity contribution in [1.82, 2.24) is 0 Å². The van der Waals surface area contributed by atoms with Crippen molar-refractivity contribution < 1.29 is 18.7 Å². The lowest BCUT2D eigenvalue weighted by molar-refractivity contribution is -0.143. The molecule has 0 aromatic rings. The van der Waals surface area contributed by atoms with E-state index in [0.717, 1.165) is 0 Å². The summed E-state index contributed by atoms with van der Waals surface area (Å²) < 4.78 is 24.9. The van der Waals surface area contributed by atoms with Gasteiger partial charge in [-0.25, -0.2) is 8.78 Å². The fourth-order valence-electron chi connectivity index (χ4n) is 1.21. The molecule has 64 valence electrons. The van der Waals surface area contributed by atoms with E-state index in [1.54, 1.807) is 0 Å². The summed E-state index contributed by atoms with van der Waals surface area (Å²) in [4.78, 5) is 10.4. The average molecular weight is 165 g/mol. The Morgan fingerprint density at radius 2 is 1.82 bits per heavy atom. The number of halogens is 2. The summed E-state index contributed by atoms with van der Waals surface area (Å²) in [6, 6.07) is 0. The fourth-order valence-corrected chi connectivity index (χ4v) is 1.21. The van der Waals surface area contributed by atoms with Crippen LogP contribution in [0.15, 0.2) is 0 Å². The summed E-state index contributed by atoms with van der Waals surface area (Å²) in [5.41, 5.74) is 3.51. The number of hydrogen-bond acceptors (Lipinski definition) is 2. The van der Waals surface area contributed by atoms with E-state index in [9.17, 15) is 13.6 Å². The first-order valence-corrected chi connectivity index (χ1v) is 3.26. The summed E-state index contributed by atoms with van der Waals surface area (Å²) in [6.07, 6.45) is -4.31. The van der Waals surface area contributed by atoms with Gasteiger partial charge in [0, 0.05) is 12.8 Å². The predicted octanol–water partition coefficient (Wildman–Crippen LogP) is 0.238. The molecule has 0 radical (unpaired) electrons. The second-order valence-corrected chi connectivity index (χ2v) is 2.90. The van der Waals surface area contributed by atoms with Crippen molar-refractivity contribution >= 4 is 5.97 Å². The molecule has 0 aromatic carbocycles. The van der Waals surface area contributed by atoms with Gasteiger partial charge in [0.2, 0.25) is 0 Å². The smallest absolute Gasteiger partial charge is 0.323 e. The highest BCUT2D eigenvalue weighted by Gasteiger charge is 2.48. The van der Waals surface area contributed by atoms with Gasteiger partial charge in [-0.2, -0.15) is 0 Å². The molecule has 0 aliphatic heterocycles. The van der Waals surface area contributed by atoms with Gasteiger partial charge in [-0.05, 0) is 0 Å². The Balaban J connectivity index is 2.71. The molecule has 0 amide bonds. The maximum Gasteiger partial charge on any atom is 0.323 e. The van der Waals surface area contributed by atoms with Crippen molar-refractivity contribution in [3.63, 3.8) is 0 Å². The fraction of sp³-hybridized carbons (Fsp3) is 0.833. The topological polar surface area (TPSA) is 63.3 Å². The molecule has 3 nitrogen and oxygen atoms in total. The quantitative estimate of drug-likeness (QED) is 0.585. The summed E-state index contributed by atoms with van der Waals surface area (Å²) in [6.45, 7) is 0. The van der Waals surface area contributed by atoms with Crippen LogP contribution in [-0.4, -0.2) is 29.0 Å². The minimum absolute atomic E-state index is 0.427. The number of carboxylic acid groups (broad SMARTS) is 1. The van der Waals surface area contributed by atoms with E-state index < -0.39 is 36.7 Å². The monoisotopic (exact) mass is 165 g/mol. The highest BCUT2D eigenvalue weighted by molar-refractivity contribution is 5.79. The molecule has 0 bridgehead atoms. The van der Waals surface area contributed by atoms with Gasteiger partial charge in [0.15, 0.2) is 0 Å². The second-order valence-electron chi connectivity index (χ2n) is 2.90. The summed E-state index contributed by atoms with van der Waals surface area (Å²) in [5, 5.41) is 8.45. The Bertz CT molecular complexity index is 175. The van der Waals surface area contributed by atoms with Crippen LogP contribution in [0.5, 0.6) is 0 Å². The van der Waals surface area contributed by atoms with Crippen LogP contribution in [0.3, 0.4) is 0 Å². The molecule has 5 heteroatoms. The molecule has 1 saturated carbocycles. The zero-order chi connectivity index (χ0) is 8.65. The maximum absolute atomic E-state index is 12.5. The number of rotatable bonds is 1. The van der Waals surface area contributed by atoms with Crippen molar-refractivity contribution in [1.29, 1.82) is 0 Å². The van der Waals surface area contributed by atoms with Crippen LogP contribution < -0.4 is 5.73 Å². The molecule has 2 unspecified atom stereocenters. The van der Waals surface area contributed by atoms with E-state index in [0.29, 0.717) is 0 Å². The average Bonchev–Trinajstić information content (AvgIpc) is 2.09. The number of hydrogen-bond donors (Lipinski definition) is 2. The predicted molar refractivity (Wildman–Crippen MR) is 33.6 cm³/mol. The standard InChI is InChI=1S/C6H9F2NO2/c7-3-1-6(9,5(10)11)2-4(3)8/h3-4H,1-2,9H2,(H,10,11). The van der Waals surface area contributed by atoms with Crippen molar-refractivity contribution in [2.45, 2.75) is 30.7 Å². The molecule has 1 fully saturated rings. The lowest BCUT2D eigenvalue weighted by Crippen LogP contribution is -2.45. The minimum Gasteiger partial charge on any atom is -0.480 e. The van der Waals surface area contributed by atoms with Crippen LogP contribution in [0.25, 0.3) is 0 Å². The molecule has 2 atom stereocenters. The van der Waals surface area contributed by atoms with Crippen LogP contribution >= 0.6 is 0 Å². The van der Waals surface area contributed by atoms with E-state index in [4.69, 9.17) is 10.8 Å².